The van der Waals surface area contributed by atoms with Gasteiger partial charge in [0.2, 0.25) is 0 Å². The molecule has 1 aliphatic heterocycles. The summed E-state index contributed by atoms with van der Waals surface area (Å²) in [6.07, 6.45) is 0.891. The van der Waals surface area contributed by atoms with E-state index in [0.717, 1.165) is 19.6 Å². The van der Waals surface area contributed by atoms with E-state index in [0.29, 0.717) is 0 Å². The first-order chi connectivity index (χ1) is 3.79. The molecule has 0 bridgehead atoms. The van der Waals surface area contributed by atoms with Gasteiger partial charge in [-0.3, -0.25) is 0 Å². The molecule has 0 aromatic rings. The van der Waals surface area contributed by atoms with E-state index in [-0.39, 0.29) is 0 Å². The summed E-state index contributed by atoms with van der Waals surface area (Å²) < 4.78 is 0. The maximum atomic E-state index is 8.74. The number of likely N-dealkylation sites (tertiary alicyclic amines) is 1. The van der Waals surface area contributed by atoms with E-state index in [4.69, 9.17) is 5.11 Å². The molecule has 1 rings (SSSR count). The van der Waals surface area contributed by atoms with Gasteiger partial charge in [0.15, 0.2) is 0 Å². The Hall–Kier alpha value is -0.0800. The van der Waals surface area contributed by atoms with Gasteiger partial charge in [-0.05, 0) is 26.4 Å². The number of nitrogens with zero attached hydrogens (tertiary/aromatic N) is 1. The van der Waals surface area contributed by atoms with Crippen molar-refractivity contribution in [1.29, 1.82) is 0 Å². The molecule has 1 atom stereocenters. The summed E-state index contributed by atoms with van der Waals surface area (Å²) in [5.41, 5.74) is 0. The van der Waals surface area contributed by atoms with Crippen LogP contribution in [-0.2, 0) is 0 Å². The molecule has 2 nitrogen and oxygen atoms in total. The molecule has 1 aliphatic rings. The molecule has 0 aromatic heterocycles. The lowest BCUT2D eigenvalue weighted by Gasteiger charge is -2.31. The maximum absolute atomic E-state index is 8.74. The first-order valence-corrected chi connectivity index (χ1v) is 3.02. The van der Waals surface area contributed by atoms with E-state index >= 15 is 0 Å². The largest absolute Gasteiger partial charge is 0.392 e. The fourth-order valence-corrected chi connectivity index (χ4v) is 0.862. The van der Waals surface area contributed by atoms with Gasteiger partial charge in [0.05, 0.1) is 6.10 Å². The van der Waals surface area contributed by atoms with Crippen LogP contribution >= 0.6 is 0 Å². The predicted octanol–water partition coefficient (Wildman–Crippen LogP) is -0.113. The van der Waals surface area contributed by atoms with Gasteiger partial charge < -0.3 is 10.0 Å². The fourth-order valence-electron chi connectivity index (χ4n) is 0.862. The Morgan fingerprint density at radius 3 is 2.38 bits per heavy atom. The molecule has 0 amide bonds. The molecule has 1 saturated heterocycles. The normalized spacial score (nSPS) is 24.8. The zero-order chi connectivity index (χ0) is 5.98. The lowest BCUT2D eigenvalue weighted by molar-refractivity contribution is 0.103. The first kappa shape index (κ1) is 6.05. The minimum atomic E-state index is -0.393. The van der Waals surface area contributed by atoms with Gasteiger partial charge in [0, 0.05) is 6.54 Å². The molecule has 1 heterocycles. The zero-order valence-corrected chi connectivity index (χ0v) is 5.01. The minimum Gasteiger partial charge on any atom is -0.392 e. The maximum Gasteiger partial charge on any atom is 0.0668 e. The molecule has 47 valence electrons. The summed E-state index contributed by atoms with van der Waals surface area (Å²) in [5, 5.41) is 8.74. The Labute approximate surface area is 50.1 Å². The van der Waals surface area contributed by atoms with E-state index < -0.39 is 6.10 Å². The molecule has 1 N–H and O–H groups in total. The third-order valence-electron chi connectivity index (χ3n) is 1.42. The summed E-state index contributed by atoms with van der Waals surface area (Å²) in [5.74, 6) is 0. The van der Waals surface area contributed by atoms with Crippen LogP contribution in [0.4, 0.5) is 0 Å². The van der Waals surface area contributed by atoms with E-state index in [1.807, 2.05) is 0 Å². The number of aliphatic hydroxyl groups excluding tert-OH is 1. The Balaban J connectivity index is 2.01. The highest BCUT2D eigenvalue weighted by molar-refractivity contribution is 4.72. The van der Waals surface area contributed by atoms with Crippen molar-refractivity contribution in [1.82, 2.24) is 4.90 Å². The molecule has 1 fully saturated rings. The van der Waals surface area contributed by atoms with Crippen LogP contribution in [0.25, 0.3) is 0 Å². The second-order valence-electron chi connectivity index (χ2n) is 2.31. The van der Waals surface area contributed by atoms with E-state index in [9.17, 15) is 0 Å². The molecule has 0 spiro atoms. The van der Waals surface area contributed by atoms with Crippen molar-refractivity contribution >= 4 is 0 Å². The SMILES string of the molecule is [CH2]C(O)CN1CCC1. The Bertz CT molecular complexity index is 68.9. The van der Waals surface area contributed by atoms with E-state index in [1.54, 1.807) is 0 Å². The molecule has 8 heavy (non-hydrogen) atoms. The number of β-amino-alcohol motifs (C(OH)–C–C–N with tert-alkyl or cyclic N) is 1. The molecular weight excluding hydrogens is 102 g/mol. The van der Waals surface area contributed by atoms with Crippen molar-refractivity contribution in [3.63, 3.8) is 0 Å². The van der Waals surface area contributed by atoms with Crippen LogP contribution in [0.1, 0.15) is 6.42 Å². The minimum absolute atomic E-state index is 0.393. The molecule has 0 aromatic carbocycles. The van der Waals surface area contributed by atoms with E-state index in [2.05, 4.69) is 11.8 Å². The molecule has 1 radical (unpaired) electrons. The second kappa shape index (κ2) is 2.46. The van der Waals surface area contributed by atoms with E-state index in [1.165, 1.54) is 6.42 Å². The highest BCUT2D eigenvalue weighted by Crippen LogP contribution is 2.04. The highest BCUT2D eigenvalue weighted by Gasteiger charge is 2.14. The van der Waals surface area contributed by atoms with Gasteiger partial charge in [-0.25, -0.2) is 0 Å². The summed E-state index contributed by atoms with van der Waals surface area (Å²) in [4.78, 5) is 2.19. The third-order valence-corrected chi connectivity index (χ3v) is 1.42. The fraction of sp³-hybridized carbons (Fsp3) is 0.833. The number of aliphatic hydroxyl groups is 1. The molecule has 1 unspecified atom stereocenters. The smallest absolute Gasteiger partial charge is 0.0668 e. The van der Waals surface area contributed by atoms with Crippen LogP contribution in [0.2, 0.25) is 0 Å². The summed E-state index contributed by atoms with van der Waals surface area (Å²) in [6, 6.07) is 0. The van der Waals surface area contributed by atoms with Gasteiger partial charge in [-0.1, -0.05) is 0 Å². The molecular formula is C6H12NO. The first-order valence-electron chi connectivity index (χ1n) is 3.02. The van der Waals surface area contributed by atoms with Gasteiger partial charge >= 0.3 is 0 Å². The van der Waals surface area contributed by atoms with Crippen molar-refractivity contribution < 1.29 is 5.11 Å². The van der Waals surface area contributed by atoms with Gasteiger partial charge in [-0.15, -0.1) is 0 Å². The summed E-state index contributed by atoms with van der Waals surface area (Å²) in [6.45, 7) is 6.52. The van der Waals surface area contributed by atoms with Crippen molar-refractivity contribution in [2.75, 3.05) is 19.6 Å². The highest BCUT2D eigenvalue weighted by atomic mass is 16.3. The number of hydrogen-bond acceptors (Lipinski definition) is 2. The standard InChI is InChI=1S/C6H12NO/c1-6(8)5-7-3-2-4-7/h6,8H,1-5H2. The number of hydrogen-bond donors (Lipinski definition) is 1. The Morgan fingerprint density at radius 1 is 1.62 bits per heavy atom. The monoisotopic (exact) mass is 114 g/mol. The van der Waals surface area contributed by atoms with Crippen LogP contribution in [0.15, 0.2) is 0 Å². The van der Waals surface area contributed by atoms with Crippen LogP contribution in [0, 0.1) is 6.92 Å². The Kier molecular flexibility index (Phi) is 1.86. The van der Waals surface area contributed by atoms with Crippen LogP contribution in [-0.4, -0.2) is 35.7 Å². The van der Waals surface area contributed by atoms with Crippen molar-refractivity contribution in [2.45, 2.75) is 12.5 Å². The zero-order valence-electron chi connectivity index (χ0n) is 5.01. The second-order valence-corrected chi connectivity index (χ2v) is 2.31. The predicted molar refractivity (Wildman–Crippen MR) is 32.4 cm³/mol. The summed E-state index contributed by atoms with van der Waals surface area (Å²) in [7, 11) is 0. The Morgan fingerprint density at radius 2 is 2.25 bits per heavy atom. The van der Waals surface area contributed by atoms with Gasteiger partial charge in [-0.2, -0.15) is 0 Å². The van der Waals surface area contributed by atoms with Gasteiger partial charge in [0.1, 0.15) is 0 Å². The molecule has 2 heteroatoms. The van der Waals surface area contributed by atoms with Crippen LogP contribution in [0.3, 0.4) is 0 Å². The van der Waals surface area contributed by atoms with Crippen molar-refractivity contribution in [2.24, 2.45) is 0 Å². The van der Waals surface area contributed by atoms with Crippen LogP contribution < -0.4 is 0 Å². The van der Waals surface area contributed by atoms with Crippen LogP contribution in [0.5, 0.6) is 0 Å². The average molecular weight is 114 g/mol. The lowest BCUT2D eigenvalue weighted by atomic mass is 10.2. The lowest BCUT2D eigenvalue weighted by Crippen LogP contribution is -2.41. The van der Waals surface area contributed by atoms with Crippen molar-refractivity contribution in [3.8, 4) is 0 Å². The third kappa shape index (κ3) is 1.46. The quantitative estimate of drug-likeness (QED) is 0.541. The topological polar surface area (TPSA) is 23.5 Å². The summed E-state index contributed by atoms with van der Waals surface area (Å²) >= 11 is 0. The molecule has 0 aliphatic carbocycles. The number of rotatable bonds is 2. The van der Waals surface area contributed by atoms with Gasteiger partial charge in [0.25, 0.3) is 0 Å². The average Bonchev–Trinajstić information content (AvgIpc) is 1.55. The molecule has 0 saturated carbocycles. The van der Waals surface area contributed by atoms with Crippen molar-refractivity contribution in [3.05, 3.63) is 6.92 Å².